The summed E-state index contributed by atoms with van der Waals surface area (Å²) in [6, 6.07) is 7.56. The maximum absolute atomic E-state index is 12.2. The summed E-state index contributed by atoms with van der Waals surface area (Å²) in [5.41, 5.74) is 0.722. The molecule has 0 aliphatic carbocycles. The lowest BCUT2D eigenvalue weighted by atomic mass is 10.2. The van der Waals surface area contributed by atoms with E-state index in [4.69, 9.17) is 11.6 Å². The molecule has 1 heterocycles. The summed E-state index contributed by atoms with van der Waals surface area (Å²) in [4.78, 5) is 1.24. The van der Waals surface area contributed by atoms with Crippen LogP contribution in [0.3, 0.4) is 0 Å². The molecule has 0 radical (unpaired) electrons. The second kappa shape index (κ2) is 14.7. The first-order valence-electron chi connectivity index (χ1n) is 8.38. The molecule has 0 spiro atoms. The molecule has 0 fully saturated rings. The topological polar surface area (TPSA) is 59.1 Å². The molecule has 1 unspecified atom stereocenters. The molecule has 1 aromatic carbocycles. The smallest absolute Gasteiger partial charge is 0.207 e. The average Bonchev–Trinajstić information content (AvgIpc) is 3.06. The quantitative estimate of drug-likeness (QED) is 0.637. The molecule has 2 rings (SSSR count). The van der Waals surface area contributed by atoms with Crippen molar-refractivity contribution in [3.8, 4) is 12.3 Å². The maximum Gasteiger partial charge on any atom is 0.241 e. The Morgan fingerprint density at radius 2 is 1.65 bits per heavy atom. The normalized spacial score (nSPS) is 10.6. The molecule has 7 heteroatoms. The van der Waals surface area contributed by atoms with Crippen LogP contribution in [0.5, 0.6) is 0 Å². The van der Waals surface area contributed by atoms with Crippen molar-refractivity contribution >= 4 is 33.2 Å². The van der Waals surface area contributed by atoms with Crippen molar-refractivity contribution in [3.63, 3.8) is 0 Å². The van der Waals surface area contributed by atoms with Crippen LogP contribution in [0.1, 0.15) is 58.2 Å². The first-order chi connectivity index (χ1) is 12.3. The minimum absolute atomic E-state index is 0.190. The van der Waals surface area contributed by atoms with Gasteiger partial charge in [-0.05, 0) is 62.6 Å². The molecule has 146 valence electrons. The van der Waals surface area contributed by atoms with Gasteiger partial charge < -0.3 is 0 Å². The number of terminal acetylenes is 1. The highest BCUT2D eigenvalue weighted by Gasteiger charge is 2.19. The van der Waals surface area contributed by atoms with E-state index in [2.05, 4.69) is 21.4 Å². The number of benzene rings is 1. The zero-order valence-electron chi connectivity index (χ0n) is 16.5. The van der Waals surface area contributed by atoms with Gasteiger partial charge in [-0.25, -0.2) is 13.1 Å². The van der Waals surface area contributed by atoms with Crippen molar-refractivity contribution in [1.29, 1.82) is 0 Å². The summed E-state index contributed by atoms with van der Waals surface area (Å²) in [5.74, 6) is 2.25. The van der Waals surface area contributed by atoms with Crippen molar-refractivity contribution in [2.45, 2.75) is 59.4 Å². The van der Waals surface area contributed by atoms with Crippen molar-refractivity contribution in [1.82, 2.24) is 9.10 Å². The average molecular weight is 417 g/mol. The van der Waals surface area contributed by atoms with Crippen LogP contribution in [0, 0.1) is 19.3 Å². The van der Waals surface area contributed by atoms with Crippen LogP contribution in [-0.4, -0.2) is 12.8 Å². The van der Waals surface area contributed by atoms with Crippen molar-refractivity contribution in [2.24, 2.45) is 0 Å². The summed E-state index contributed by atoms with van der Waals surface area (Å²) in [6.45, 7) is 13.4. The fourth-order valence-corrected chi connectivity index (χ4v) is 3.54. The number of hydrogen-bond donors (Lipinski definition) is 1. The SMILES string of the molecule is C#CC.CC.CC.Cc1cc(C(C)NS(=O)(=O)c2ccc(Cl)cc2)ns1. The number of rotatable bonds is 4. The Morgan fingerprint density at radius 1 is 1.19 bits per heavy atom. The number of aromatic nitrogens is 1. The highest BCUT2D eigenvalue weighted by molar-refractivity contribution is 7.89. The lowest BCUT2D eigenvalue weighted by molar-refractivity contribution is 0.565. The lowest BCUT2D eigenvalue weighted by Gasteiger charge is -2.12. The number of aryl methyl sites for hydroxylation is 1. The minimum atomic E-state index is -3.56. The fraction of sp³-hybridized carbons (Fsp3) is 0.421. The molecular weight excluding hydrogens is 388 g/mol. The summed E-state index contributed by atoms with van der Waals surface area (Å²) in [7, 11) is -3.56. The summed E-state index contributed by atoms with van der Waals surface area (Å²) >= 11 is 7.10. The number of hydrogen-bond acceptors (Lipinski definition) is 4. The van der Waals surface area contributed by atoms with Gasteiger partial charge in [0, 0.05) is 9.90 Å². The molecule has 4 nitrogen and oxygen atoms in total. The molecule has 0 bridgehead atoms. The number of sulfonamides is 1. The molecule has 26 heavy (non-hydrogen) atoms. The van der Waals surface area contributed by atoms with E-state index in [9.17, 15) is 8.42 Å². The first-order valence-corrected chi connectivity index (χ1v) is 11.0. The van der Waals surface area contributed by atoms with Crippen molar-refractivity contribution in [2.75, 3.05) is 0 Å². The largest absolute Gasteiger partial charge is 0.241 e. The third kappa shape index (κ3) is 9.93. The van der Waals surface area contributed by atoms with Crippen LogP contribution >= 0.6 is 23.1 Å². The van der Waals surface area contributed by atoms with Crippen molar-refractivity contribution < 1.29 is 8.42 Å². The van der Waals surface area contributed by atoms with Crippen LogP contribution in [0.15, 0.2) is 35.2 Å². The van der Waals surface area contributed by atoms with Crippen molar-refractivity contribution in [3.05, 3.63) is 45.9 Å². The van der Waals surface area contributed by atoms with Gasteiger partial charge in [-0.2, -0.15) is 4.37 Å². The van der Waals surface area contributed by atoms with Gasteiger partial charge in [0.15, 0.2) is 0 Å². The zero-order chi connectivity index (χ0) is 20.8. The Balaban J connectivity index is 0. The van der Waals surface area contributed by atoms with Crippen LogP contribution < -0.4 is 4.72 Å². The number of nitrogens with one attached hydrogen (secondary N) is 1. The number of nitrogens with zero attached hydrogens (tertiary/aromatic N) is 1. The Morgan fingerprint density at radius 3 is 2.04 bits per heavy atom. The Bertz CT molecular complexity index is 749. The molecule has 0 amide bonds. The second-order valence-corrected chi connectivity index (χ2v) is 7.61. The lowest BCUT2D eigenvalue weighted by Crippen LogP contribution is -2.27. The highest BCUT2D eigenvalue weighted by Crippen LogP contribution is 2.19. The van der Waals surface area contributed by atoms with E-state index in [1.54, 1.807) is 26.0 Å². The minimum Gasteiger partial charge on any atom is -0.207 e. The Kier molecular flexibility index (Phi) is 15.2. The molecule has 2 aromatic rings. The highest BCUT2D eigenvalue weighted by atomic mass is 35.5. The molecule has 0 aliphatic heterocycles. The van der Waals surface area contributed by atoms with Crippen LogP contribution in [-0.2, 0) is 10.0 Å². The zero-order valence-corrected chi connectivity index (χ0v) is 18.9. The molecule has 1 aromatic heterocycles. The van der Waals surface area contributed by atoms with E-state index in [1.807, 2.05) is 40.7 Å². The van der Waals surface area contributed by atoms with Crippen LogP contribution in [0.4, 0.5) is 0 Å². The van der Waals surface area contributed by atoms with Gasteiger partial charge in [0.1, 0.15) is 0 Å². The van der Waals surface area contributed by atoms with Gasteiger partial charge in [-0.3, -0.25) is 0 Å². The first kappa shape index (κ1) is 26.8. The monoisotopic (exact) mass is 416 g/mol. The van der Waals surface area contributed by atoms with E-state index >= 15 is 0 Å². The predicted octanol–water partition coefficient (Wildman–Crippen LogP) is 5.84. The Hall–Kier alpha value is -1.39. The maximum atomic E-state index is 12.2. The molecule has 0 aliphatic rings. The van der Waals surface area contributed by atoms with Gasteiger partial charge in [0.2, 0.25) is 10.0 Å². The van der Waals surface area contributed by atoms with E-state index in [0.29, 0.717) is 5.02 Å². The van der Waals surface area contributed by atoms with Crippen LogP contribution in [0.2, 0.25) is 5.02 Å². The standard InChI is InChI=1S/C12H13ClN2O2S2.C3H4.2C2H6/c1-8-7-12(14-18-8)9(2)15-19(16,17)11-5-3-10(13)4-6-11;1-3-2;2*1-2/h3-7,9,15H,1-2H3;1H,2H3;2*1-2H3. The van der Waals surface area contributed by atoms with Gasteiger partial charge in [0.05, 0.1) is 16.6 Å². The van der Waals surface area contributed by atoms with E-state index in [1.165, 1.54) is 23.7 Å². The van der Waals surface area contributed by atoms with Gasteiger partial charge in [-0.1, -0.05) is 39.3 Å². The molecule has 0 saturated carbocycles. The van der Waals surface area contributed by atoms with Gasteiger partial charge >= 0.3 is 0 Å². The van der Waals surface area contributed by atoms with E-state index in [0.717, 1.165) is 10.6 Å². The second-order valence-electron chi connectivity index (χ2n) is 4.45. The summed E-state index contributed by atoms with van der Waals surface area (Å²) in [6.07, 6.45) is 4.60. The van der Waals surface area contributed by atoms with Gasteiger partial charge in [0.25, 0.3) is 0 Å². The molecule has 1 N–H and O–H groups in total. The van der Waals surface area contributed by atoms with E-state index in [-0.39, 0.29) is 10.9 Å². The predicted molar refractivity (Wildman–Crippen MR) is 114 cm³/mol. The van der Waals surface area contributed by atoms with Crippen LogP contribution in [0.25, 0.3) is 0 Å². The molecule has 1 atom stereocenters. The molecule has 0 saturated heterocycles. The Labute approximate surface area is 168 Å². The van der Waals surface area contributed by atoms with Gasteiger partial charge in [-0.15, -0.1) is 12.3 Å². The third-order valence-corrected chi connectivity index (χ3v) is 5.06. The molecular formula is C19H29ClN2O2S2. The number of halogens is 1. The summed E-state index contributed by atoms with van der Waals surface area (Å²) in [5, 5.41) is 0.502. The van der Waals surface area contributed by atoms with E-state index < -0.39 is 10.0 Å². The fourth-order valence-electron chi connectivity index (χ4n) is 1.56. The summed E-state index contributed by atoms with van der Waals surface area (Å²) < 4.78 is 31.1. The third-order valence-electron chi connectivity index (χ3n) is 2.55.